The Morgan fingerprint density at radius 2 is 1.96 bits per heavy atom. The highest BCUT2D eigenvalue weighted by Crippen LogP contribution is 2.24. The minimum Gasteiger partial charge on any atom is -0.379 e. The normalized spacial score (nSPS) is 16.0. The second-order valence-electron chi connectivity index (χ2n) is 6.08. The van der Waals surface area contributed by atoms with Crippen LogP contribution in [0.15, 0.2) is 48.8 Å². The number of aryl methyl sites for hydroxylation is 1. The van der Waals surface area contributed by atoms with Gasteiger partial charge in [-0.15, -0.1) is 0 Å². The van der Waals surface area contributed by atoms with Crippen molar-refractivity contribution in [1.82, 2.24) is 14.5 Å². The third-order valence-electron chi connectivity index (χ3n) is 4.49. The van der Waals surface area contributed by atoms with Crippen LogP contribution in [0.2, 0.25) is 0 Å². The monoisotopic (exact) mass is 307 g/mol. The van der Waals surface area contributed by atoms with Crippen molar-refractivity contribution in [3.63, 3.8) is 0 Å². The second-order valence-corrected chi connectivity index (χ2v) is 6.08. The lowest BCUT2D eigenvalue weighted by Crippen LogP contribution is -2.35. The summed E-state index contributed by atoms with van der Waals surface area (Å²) in [6, 6.07) is 12.9. The van der Waals surface area contributed by atoms with Gasteiger partial charge in [0, 0.05) is 36.9 Å². The molecular formula is C19H21N3O. The van der Waals surface area contributed by atoms with E-state index in [0.29, 0.717) is 0 Å². The number of nitrogens with zero attached hydrogens (tertiary/aromatic N) is 3. The van der Waals surface area contributed by atoms with E-state index in [1.54, 1.807) is 0 Å². The van der Waals surface area contributed by atoms with Crippen molar-refractivity contribution in [2.24, 2.45) is 0 Å². The highest BCUT2D eigenvalue weighted by molar-refractivity contribution is 5.85. The summed E-state index contributed by atoms with van der Waals surface area (Å²) in [7, 11) is 0. The van der Waals surface area contributed by atoms with Gasteiger partial charge in [0.05, 0.1) is 30.6 Å². The van der Waals surface area contributed by atoms with Gasteiger partial charge in [-0.05, 0) is 36.8 Å². The van der Waals surface area contributed by atoms with E-state index in [-0.39, 0.29) is 0 Å². The van der Waals surface area contributed by atoms with Crippen LogP contribution in [0.3, 0.4) is 0 Å². The smallest absolute Gasteiger partial charge is 0.0639 e. The van der Waals surface area contributed by atoms with Crippen LogP contribution < -0.4 is 0 Å². The summed E-state index contributed by atoms with van der Waals surface area (Å²) in [5.74, 6) is 0. The Morgan fingerprint density at radius 3 is 2.74 bits per heavy atom. The SMILES string of the molecule is Cc1ccc(-n2ccc3c(CN4CCOCC4)cccc32)cn1. The van der Waals surface area contributed by atoms with E-state index >= 15 is 0 Å². The van der Waals surface area contributed by atoms with Crippen molar-refractivity contribution in [2.75, 3.05) is 26.3 Å². The van der Waals surface area contributed by atoms with Crippen LogP contribution >= 0.6 is 0 Å². The minimum absolute atomic E-state index is 0.839. The molecule has 0 N–H and O–H groups in total. The predicted molar refractivity (Wildman–Crippen MR) is 91.9 cm³/mol. The number of ether oxygens (including phenoxy) is 1. The molecule has 3 aromatic rings. The molecule has 1 fully saturated rings. The van der Waals surface area contributed by atoms with Crippen LogP contribution in [0.1, 0.15) is 11.3 Å². The average molecular weight is 307 g/mol. The zero-order chi connectivity index (χ0) is 15.6. The van der Waals surface area contributed by atoms with Crippen LogP contribution in [0.25, 0.3) is 16.6 Å². The Balaban J connectivity index is 1.69. The summed E-state index contributed by atoms with van der Waals surface area (Å²) in [5.41, 5.74) is 4.76. The van der Waals surface area contributed by atoms with Crippen molar-refractivity contribution in [2.45, 2.75) is 13.5 Å². The molecule has 0 amide bonds. The second kappa shape index (κ2) is 6.14. The highest BCUT2D eigenvalue weighted by Gasteiger charge is 2.13. The molecule has 0 unspecified atom stereocenters. The fourth-order valence-electron chi connectivity index (χ4n) is 3.20. The van der Waals surface area contributed by atoms with Gasteiger partial charge in [0.2, 0.25) is 0 Å². The summed E-state index contributed by atoms with van der Waals surface area (Å²) in [4.78, 5) is 6.88. The highest BCUT2D eigenvalue weighted by atomic mass is 16.5. The summed E-state index contributed by atoms with van der Waals surface area (Å²) < 4.78 is 7.66. The van der Waals surface area contributed by atoms with Crippen molar-refractivity contribution in [3.8, 4) is 5.69 Å². The van der Waals surface area contributed by atoms with Gasteiger partial charge in [-0.2, -0.15) is 0 Å². The Morgan fingerprint density at radius 1 is 1.09 bits per heavy atom. The Bertz CT molecular complexity index is 801. The molecule has 1 aliphatic rings. The fourth-order valence-corrected chi connectivity index (χ4v) is 3.20. The molecule has 4 heteroatoms. The van der Waals surface area contributed by atoms with Gasteiger partial charge in [-0.25, -0.2) is 0 Å². The van der Waals surface area contributed by atoms with Crippen LogP contribution in [-0.2, 0) is 11.3 Å². The number of fused-ring (bicyclic) bond motifs is 1. The summed E-state index contributed by atoms with van der Waals surface area (Å²) >= 11 is 0. The third-order valence-corrected chi connectivity index (χ3v) is 4.49. The van der Waals surface area contributed by atoms with Crippen LogP contribution in [-0.4, -0.2) is 40.8 Å². The van der Waals surface area contributed by atoms with E-state index in [9.17, 15) is 0 Å². The Labute approximate surface area is 136 Å². The maximum atomic E-state index is 5.44. The lowest BCUT2D eigenvalue weighted by molar-refractivity contribution is 0.0344. The van der Waals surface area contributed by atoms with Crippen molar-refractivity contribution >= 4 is 10.9 Å². The molecule has 1 aromatic carbocycles. The largest absolute Gasteiger partial charge is 0.379 e. The first kappa shape index (κ1) is 14.4. The lowest BCUT2D eigenvalue weighted by Gasteiger charge is -2.26. The standard InChI is InChI=1S/C19H21N3O/c1-15-5-6-17(13-20-15)22-8-7-18-16(3-2-4-19(18)22)14-21-9-11-23-12-10-21/h2-8,13H,9-12,14H2,1H3. The maximum Gasteiger partial charge on any atom is 0.0639 e. The van der Waals surface area contributed by atoms with Gasteiger partial charge in [-0.3, -0.25) is 9.88 Å². The lowest BCUT2D eigenvalue weighted by atomic mass is 10.1. The number of rotatable bonds is 3. The first-order valence-electron chi connectivity index (χ1n) is 8.13. The van der Waals surface area contributed by atoms with Crippen molar-refractivity contribution < 1.29 is 4.74 Å². The molecule has 2 aromatic heterocycles. The molecule has 23 heavy (non-hydrogen) atoms. The average Bonchev–Trinajstić information content (AvgIpc) is 3.02. The fraction of sp³-hybridized carbons (Fsp3) is 0.316. The van der Waals surface area contributed by atoms with Crippen molar-refractivity contribution in [1.29, 1.82) is 0 Å². The summed E-state index contributed by atoms with van der Waals surface area (Å²) in [6.45, 7) is 6.70. The van der Waals surface area contributed by atoms with E-state index < -0.39 is 0 Å². The van der Waals surface area contributed by atoms with Crippen LogP contribution in [0.5, 0.6) is 0 Å². The zero-order valence-electron chi connectivity index (χ0n) is 13.4. The van der Waals surface area contributed by atoms with Gasteiger partial charge in [0.25, 0.3) is 0 Å². The molecule has 0 atom stereocenters. The molecule has 4 nitrogen and oxygen atoms in total. The molecule has 0 radical (unpaired) electrons. The van der Waals surface area contributed by atoms with E-state index in [2.05, 4.69) is 57.0 Å². The molecule has 0 bridgehead atoms. The van der Waals surface area contributed by atoms with Crippen LogP contribution in [0.4, 0.5) is 0 Å². The minimum atomic E-state index is 0.839. The molecule has 0 saturated carbocycles. The van der Waals surface area contributed by atoms with Gasteiger partial charge >= 0.3 is 0 Å². The first-order valence-corrected chi connectivity index (χ1v) is 8.13. The molecule has 0 spiro atoms. The van der Waals surface area contributed by atoms with E-state index in [1.807, 2.05) is 13.1 Å². The van der Waals surface area contributed by atoms with Gasteiger partial charge in [-0.1, -0.05) is 12.1 Å². The number of hydrogen-bond donors (Lipinski definition) is 0. The Kier molecular flexibility index (Phi) is 3.85. The summed E-state index contributed by atoms with van der Waals surface area (Å²) in [5, 5.41) is 1.32. The van der Waals surface area contributed by atoms with E-state index in [1.165, 1.54) is 16.5 Å². The topological polar surface area (TPSA) is 30.3 Å². The number of benzene rings is 1. The molecule has 118 valence electrons. The number of aromatic nitrogens is 2. The Hall–Kier alpha value is -2.17. The van der Waals surface area contributed by atoms with Gasteiger partial charge in [0.15, 0.2) is 0 Å². The molecular weight excluding hydrogens is 286 g/mol. The maximum absolute atomic E-state index is 5.44. The van der Waals surface area contributed by atoms with E-state index in [0.717, 1.165) is 44.2 Å². The van der Waals surface area contributed by atoms with E-state index in [4.69, 9.17) is 4.74 Å². The molecule has 3 heterocycles. The molecule has 0 aliphatic carbocycles. The number of hydrogen-bond acceptors (Lipinski definition) is 3. The van der Waals surface area contributed by atoms with Gasteiger partial charge in [0.1, 0.15) is 0 Å². The third kappa shape index (κ3) is 2.87. The van der Waals surface area contributed by atoms with Gasteiger partial charge < -0.3 is 9.30 Å². The quantitative estimate of drug-likeness (QED) is 0.744. The predicted octanol–water partition coefficient (Wildman–Crippen LogP) is 3.17. The number of pyridine rings is 1. The molecule has 1 saturated heterocycles. The zero-order valence-corrected chi connectivity index (χ0v) is 13.4. The number of morpholine rings is 1. The molecule has 1 aliphatic heterocycles. The summed E-state index contributed by atoms with van der Waals surface area (Å²) in [6.07, 6.45) is 4.07. The molecule has 4 rings (SSSR count). The first-order chi connectivity index (χ1) is 11.3. The van der Waals surface area contributed by atoms with Crippen LogP contribution in [0, 0.1) is 6.92 Å². The van der Waals surface area contributed by atoms with Crippen molar-refractivity contribution in [3.05, 3.63) is 60.0 Å².